The average molecular weight is 442 g/mol. The van der Waals surface area contributed by atoms with E-state index in [9.17, 15) is 9.59 Å². The Morgan fingerprint density at radius 1 is 1.16 bits per heavy atom. The highest BCUT2D eigenvalue weighted by atomic mass is 32.1. The Balaban J connectivity index is 1.44. The van der Waals surface area contributed by atoms with Crippen molar-refractivity contribution < 1.29 is 9.53 Å². The second kappa shape index (κ2) is 8.66. The van der Waals surface area contributed by atoms with E-state index in [2.05, 4.69) is 15.0 Å². The smallest absolute Gasteiger partial charge is 0.294 e. The maximum Gasteiger partial charge on any atom is 0.294 e. The van der Waals surface area contributed by atoms with Crippen LogP contribution in [0, 0.1) is 6.92 Å². The second-order valence-electron chi connectivity index (χ2n) is 8.00. The van der Waals surface area contributed by atoms with Crippen LogP contribution in [-0.2, 0) is 11.3 Å². The minimum atomic E-state index is -0.297. The van der Waals surface area contributed by atoms with Crippen LogP contribution in [0.1, 0.15) is 30.5 Å². The summed E-state index contributed by atoms with van der Waals surface area (Å²) >= 11 is 1.51. The third-order valence-corrected chi connectivity index (χ3v) is 6.99. The fourth-order valence-corrected chi connectivity index (χ4v) is 4.71. The number of amides is 1. The molecule has 1 fully saturated rings. The number of methoxy groups -OCH3 is 1. The fourth-order valence-electron chi connectivity index (χ4n) is 3.71. The predicted octanol–water partition coefficient (Wildman–Crippen LogP) is 2.64. The van der Waals surface area contributed by atoms with Gasteiger partial charge in [0.25, 0.3) is 5.56 Å². The van der Waals surface area contributed by atoms with Gasteiger partial charge in [-0.3, -0.25) is 9.59 Å². The highest BCUT2D eigenvalue weighted by Gasteiger charge is 2.23. The number of aryl methyl sites for hydroxylation is 1. The maximum atomic E-state index is 12.9. The van der Waals surface area contributed by atoms with Crippen molar-refractivity contribution >= 4 is 33.1 Å². The lowest BCUT2D eigenvalue weighted by Gasteiger charge is -2.36. The molecule has 0 atom stereocenters. The van der Waals surface area contributed by atoms with Crippen LogP contribution in [0.4, 0.5) is 5.69 Å². The summed E-state index contributed by atoms with van der Waals surface area (Å²) in [7, 11) is 1.65. The summed E-state index contributed by atoms with van der Waals surface area (Å²) in [6, 6.07) is 7.92. The van der Waals surface area contributed by atoms with E-state index < -0.39 is 0 Å². The number of thiazole rings is 1. The number of ether oxygens (including phenoxy) is 1. The van der Waals surface area contributed by atoms with Crippen LogP contribution in [-0.4, -0.2) is 58.9 Å². The lowest BCUT2D eigenvalue weighted by Crippen LogP contribution is -2.50. The van der Waals surface area contributed by atoms with Gasteiger partial charge in [-0.05, 0) is 31.2 Å². The van der Waals surface area contributed by atoms with Crippen molar-refractivity contribution in [2.75, 3.05) is 38.2 Å². The Kier molecular flexibility index (Phi) is 5.95. The van der Waals surface area contributed by atoms with Gasteiger partial charge in [0.2, 0.25) is 5.91 Å². The van der Waals surface area contributed by atoms with Crippen molar-refractivity contribution in [1.82, 2.24) is 19.7 Å². The molecule has 1 aliphatic heterocycles. The molecule has 164 valence electrons. The number of piperazine rings is 1. The molecule has 2 aromatic heterocycles. The predicted molar refractivity (Wildman–Crippen MR) is 122 cm³/mol. The third kappa shape index (κ3) is 4.27. The van der Waals surface area contributed by atoms with Gasteiger partial charge in [-0.15, -0.1) is 11.3 Å². The molecule has 0 spiro atoms. The van der Waals surface area contributed by atoms with Crippen molar-refractivity contribution in [3.63, 3.8) is 0 Å². The third-order valence-electron chi connectivity index (χ3n) is 5.53. The van der Waals surface area contributed by atoms with Gasteiger partial charge in [-0.1, -0.05) is 13.8 Å². The van der Waals surface area contributed by atoms with Crippen molar-refractivity contribution in [2.24, 2.45) is 0 Å². The molecule has 1 aliphatic rings. The van der Waals surface area contributed by atoms with Crippen LogP contribution in [0.25, 0.3) is 10.2 Å². The molecule has 0 radical (unpaired) electrons. The summed E-state index contributed by atoms with van der Waals surface area (Å²) in [6.07, 6.45) is 0. The highest BCUT2D eigenvalue weighted by molar-refractivity contribution is 7.18. The van der Waals surface area contributed by atoms with Crippen LogP contribution in [0.15, 0.2) is 29.1 Å². The van der Waals surface area contributed by atoms with Gasteiger partial charge < -0.3 is 14.5 Å². The number of nitrogens with zero attached hydrogens (tertiary/aromatic N) is 5. The molecule has 31 heavy (non-hydrogen) atoms. The molecule has 4 rings (SSSR count). The lowest BCUT2D eigenvalue weighted by atomic mass is 10.2. The number of hydrogen-bond donors (Lipinski definition) is 0. The maximum absolute atomic E-state index is 12.9. The van der Waals surface area contributed by atoms with Gasteiger partial charge in [-0.2, -0.15) is 5.10 Å². The molecule has 1 aromatic carbocycles. The molecule has 1 saturated heterocycles. The summed E-state index contributed by atoms with van der Waals surface area (Å²) in [5.41, 5.74) is 1.96. The van der Waals surface area contributed by atoms with E-state index in [-0.39, 0.29) is 23.9 Å². The summed E-state index contributed by atoms with van der Waals surface area (Å²) in [5, 5.41) is 5.30. The Labute approximate surface area is 185 Å². The number of benzene rings is 1. The molecule has 0 N–H and O–H groups in total. The van der Waals surface area contributed by atoms with Crippen molar-refractivity contribution in [1.29, 1.82) is 0 Å². The first kappa shape index (κ1) is 21.3. The van der Waals surface area contributed by atoms with E-state index in [1.807, 2.05) is 45.0 Å². The summed E-state index contributed by atoms with van der Waals surface area (Å²) in [4.78, 5) is 34.3. The van der Waals surface area contributed by atoms with E-state index in [1.54, 1.807) is 12.0 Å². The Bertz CT molecular complexity index is 1140. The SMILES string of the molecule is COc1ccc(N2CCN(C(=O)Cn3nc(C)c4sc(C(C)C)nc4c3=O)CC2)cc1. The zero-order valence-corrected chi connectivity index (χ0v) is 19.1. The Hall–Kier alpha value is -2.94. The Morgan fingerprint density at radius 2 is 1.84 bits per heavy atom. The second-order valence-corrected chi connectivity index (χ2v) is 9.03. The van der Waals surface area contributed by atoms with Crippen molar-refractivity contribution in [3.8, 4) is 5.75 Å². The highest BCUT2D eigenvalue weighted by Crippen LogP contribution is 2.27. The molecule has 8 nitrogen and oxygen atoms in total. The van der Waals surface area contributed by atoms with Gasteiger partial charge in [0, 0.05) is 37.8 Å². The van der Waals surface area contributed by atoms with E-state index in [0.717, 1.165) is 39.9 Å². The number of anilines is 1. The Morgan fingerprint density at radius 3 is 2.45 bits per heavy atom. The van der Waals surface area contributed by atoms with E-state index in [4.69, 9.17) is 4.74 Å². The number of rotatable bonds is 5. The molecule has 0 unspecified atom stereocenters. The van der Waals surface area contributed by atoms with Crippen LogP contribution in [0.3, 0.4) is 0 Å². The van der Waals surface area contributed by atoms with Gasteiger partial charge in [0.05, 0.1) is 22.5 Å². The van der Waals surface area contributed by atoms with E-state index >= 15 is 0 Å². The van der Waals surface area contributed by atoms with Gasteiger partial charge >= 0.3 is 0 Å². The molecular weight excluding hydrogens is 414 g/mol. The number of carbonyl (C=O) groups excluding carboxylic acids is 1. The number of aromatic nitrogens is 3. The first-order valence-corrected chi connectivity index (χ1v) is 11.2. The molecular formula is C22H27N5O3S. The molecule has 9 heteroatoms. The molecule has 0 saturated carbocycles. The standard InChI is InChI=1S/C22H27N5O3S/c1-14(2)21-23-19-20(31-21)15(3)24-27(22(19)29)13-18(28)26-11-9-25(10-12-26)16-5-7-17(30-4)8-6-16/h5-8,14H,9-13H2,1-4H3. The number of hydrogen-bond acceptors (Lipinski definition) is 7. The van der Waals surface area contributed by atoms with Gasteiger partial charge in [0.15, 0.2) is 5.52 Å². The monoisotopic (exact) mass is 441 g/mol. The molecule has 1 amide bonds. The van der Waals surface area contributed by atoms with Gasteiger partial charge in [-0.25, -0.2) is 9.67 Å². The van der Waals surface area contributed by atoms with Crippen LogP contribution in [0.2, 0.25) is 0 Å². The van der Waals surface area contributed by atoms with Crippen LogP contribution < -0.4 is 15.2 Å². The first-order chi connectivity index (χ1) is 14.9. The fraction of sp³-hybridized carbons (Fsp3) is 0.455. The molecule has 3 heterocycles. The van der Waals surface area contributed by atoms with E-state index in [0.29, 0.717) is 18.6 Å². The summed E-state index contributed by atoms with van der Waals surface area (Å²) < 4.78 is 7.28. The lowest BCUT2D eigenvalue weighted by molar-refractivity contribution is -0.132. The van der Waals surface area contributed by atoms with Gasteiger partial charge in [0.1, 0.15) is 12.3 Å². The molecule has 3 aromatic rings. The summed E-state index contributed by atoms with van der Waals surface area (Å²) in [6.45, 7) is 8.59. The number of carbonyl (C=O) groups is 1. The minimum Gasteiger partial charge on any atom is -0.497 e. The summed E-state index contributed by atoms with van der Waals surface area (Å²) in [5.74, 6) is 0.971. The first-order valence-electron chi connectivity index (χ1n) is 10.4. The largest absolute Gasteiger partial charge is 0.497 e. The van der Waals surface area contributed by atoms with Crippen LogP contribution in [0.5, 0.6) is 5.75 Å². The zero-order valence-electron chi connectivity index (χ0n) is 18.3. The van der Waals surface area contributed by atoms with E-state index in [1.165, 1.54) is 16.0 Å². The average Bonchev–Trinajstić information content (AvgIpc) is 3.24. The quantitative estimate of drug-likeness (QED) is 0.606. The minimum absolute atomic E-state index is 0.0628. The number of fused-ring (bicyclic) bond motifs is 1. The van der Waals surface area contributed by atoms with Crippen LogP contribution >= 0.6 is 11.3 Å². The topological polar surface area (TPSA) is 80.6 Å². The molecule has 0 bridgehead atoms. The normalized spacial score (nSPS) is 14.5. The van der Waals surface area contributed by atoms with Crippen molar-refractivity contribution in [2.45, 2.75) is 33.2 Å². The molecule has 0 aliphatic carbocycles. The van der Waals surface area contributed by atoms with Crippen molar-refractivity contribution in [3.05, 3.63) is 45.3 Å². The zero-order chi connectivity index (χ0) is 22.1.